The predicted molar refractivity (Wildman–Crippen MR) is 115 cm³/mol. The first-order valence-corrected chi connectivity index (χ1v) is 10.2. The molecule has 10 nitrogen and oxygen atoms in total. The molecule has 2 aromatic heterocycles. The van der Waals surface area contributed by atoms with Gasteiger partial charge in [0.2, 0.25) is 11.6 Å². The van der Waals surface area contributed by atoms with Gasteiger partial charge in [-0.1, -0.05) is 0 Å². The van der Waals surface area contributed by atoms with Crippen molar-refractivity contribution in [3.63, 3.8) is 0 Å². The number of rotatable bonds is 7. The molecule has 1 aromatic carbocycles. The third-order valence-corrected chi connectivity index (χ3v) is 5.27. The monoisotopic (exact) mass is 439 g/mol. The van der Waals surface area contributed by atoms with Crippen molar-refractivity contribution in [2.75, 3.05) is 34.4 Å². The number of aromatic nitrogens is 4. The first kappa shape index (κ1) is 21.4. The fraction of sp³-hybridized carbons (Fsp3) is 0.364. The van der Waals surface area contributed by atoms with Gasteiger partial charge in [0.05, 0.1) is 33.6 Å². The number of methoxy groups -OCH3 is 3. The van der Waals surface area contributed by atoms with Gasteiger partial charge in [0.1, 0.15) is 11.8 Å². The van der Waals surface area contributed by atoms with Gasteiger partial charge in [-0.25, -0.2) is 0 Å². The molecule has 168 valence electrons. The van der Waals surface area contributed by atoms with Crippen LogP contribution in [0.5, 0.6) is 23.1 Å². The lowest BCUT2D eigenvalue weighted by Gasteiger charge is -2.32. The van der Waals surface area contributed by atoms with E-state index in [4.69, 9.17) is 18.9 Å². The summed E-state index contributed by atoms with van der Waals surface area (Å²) in [5, 5.41) is 15.0. The van der Waals surface area contributed by atoms with E-state index in [0.717, 1.165) is 18.4 Å². The molecular weight excluding hydrogens is 414 g/mol. The SMILES string of the molecule is COc1cc(-c2cc(C(=O)N3CCCC(Oc4cccnn4)C3)[nH]n2)cc(OC)c1OC. The molecule has 3 heterocycles. The summed E-state index contributed by atoms with van der Waals surface area (Å²) in [5.41, 5.74) is 1.73. The molecule has 3 aromatic rings. The maximum absolute atomic E-state index is 13.1. The van der Waals surface area contributed by atoms with E-state index < -0.39 is 0 Å². The Bertz CT molecular complexity index is 1050. The zero-order chi connectivity index (χ0) is 22.5. The third-order valence-electron chi connectivity index (χ3n) is 5.27. The fourth-order valence-corrected chi connectivity index (χ4v) is 3.72. The number of likely N-dealkylation sites (tertiary alicyclic amines) is 1. The molecule has 1 atom stereocenters. The van der Waals surface area contributed by atoms with Gasteiger partial charge in [0.25, 0.3) is 5.91 Å². The van der Waals surface area contributed by atoms with Gasteiger partial charge >= 0.3 is 0 Å². The van der Waals surface area contributed by atoms with E-state index in [2.05, 4.69) is 20.4 Å². The van der Waals surface area contributed by atoms with Crippen LogP contribution in [0.3, 0.4) is 0 Å². The van der Waals surface area contributed by atoms with Gasteiger partial charge < -0.3 is 23.8 Å². The summed E-state index contributed by atoms with van der Waals surface area (Å²) in [4.78, 5) is 14.9. The minimum absolute atomic E-state index is 0.136. The van der Waals surface area contributed by atoms with Crippen LogP contribution in [0.15, 0.2) is 36.5 Å². The molecule has 0 bridgehead atoms. The topological polar surface area (TPSA) is 112 Å². The second-order valence-corrected chi connectivity index (χ2v) is 7.28. The Kier molecular flexibility index (Phi) is 6.39. The van der Waals surface area contributed by atoms with E-state index in [9.17, 15) is 4.79 Å². The Labute approximate surface area is 185 Å². The summed E-state index contributed by atoms with van der Waals surface area (Å²) in [6.45, 7) is 1.12. The summed E-state index contributed by atoms with van der Waals surface area (Å²) >= 11 is 0. The van der Waals surface area contributed by atoms with Crippen LogP contribution < -0.4 is 18.9 Å². The second kappa shape index (κ2) is 9.54. The van der Waals surface area contributed by atoms with Crippen LogP contribution in [0.2, 0.25) is 0 Å². The van der Waals surface area contributed by atoms with Crippen molar-refractivity contribution in [2.45, 2.75) is 18.9 Å². The molecule has 1 unspecified atom stereocenters. The van der Waals surface area contributed by atoms with Crippen LogP contribution in [-0.4, -0.2) is 71.7 Å². The highest BCUT2D eigenvalue weighted by Crippen LogP contribution is 2.40. The molecule has 1 fully saturated rings. The van der Waals surface area contributed by atoms with E-state index in [1.165, 1.54) is 0 Å². The molecule has 1 aliphatic heterocycles. The normalized spacial score (nSPS) is 15.8. The first-order chi connectivity index (χ1) is 15.6. The zero-order valence-electron chi connectivity index (χ0n) is 18.2. The van der Waals surface area contributed by atoms with E-state index in [0.29, 0.717) is 47.6 Å². The number of piperidine rings is 1. The van der Waals surface area contributed by atoms with Crippen molar-refractivity contribution in [1.82, 2.24) is 25.3 Å². The Hall–Kier alpha value is -3.82. The van der Waals surface area contributed by atoms with Gasteiger partial charge in [-0.3, -0.25) is 9.89 Å². The van der Waals surface area contributed by atoms with E-state index in [1.54, 1.807) is 62.8 Å². The number of nitrogens with one attached hydrogen (secondary N) is 1. The van der Waals surface area contributed by atoms with Gasteiger partial charge in [0.15, 0.2) is 11.5 Å². The van der Waals surface area contributed by atoms with Crippen molar-refractivity contribution >= 4 is 5.91 Å². The highest BCUT2D eigenvalue weighted by molar-refractivity contribution is 5.93. The number of nitrogens with zero attached hydrogens (tertiary/aromatic N) is 4. The maximum Gasteiger partial charge on any atom is 0.272 e. The lowest BCUT2D eigenvalue weighted by molar-refractivity contribution is 0.0520. The number of hydrogen-bond acceptors (Lipinski definition) is 8. The Morgan fingerprint density at radius 3 is 2.56 bits per heavy atom. The number of carbonyl (C=O) groups excluding carboxylic acids is 1. The van der Waals surface area contributed by atoms with Gasteiger partial charge in [-0.2, -0.15) is 10.2 Å². The van der Waals surface area contributed by atoms with Gasteiger partial charge in [-0.15, -0.1) is 5.10 Å². The molecule has 10 heteroatoms. The third kappa shape index (κ3) is 4.43. The molecule has 1 aliphatic rings. The van der Waals surface area contributed by atoms with E-state index >= 15 is 0 Å². The number of carbonyl (C=O) groups is 1. The van der Waals surface area contributed by atoms with Crippen LogP contribution in [0.4, 0.5) is 0 Å². The molecule has 1 N–H and O–H groups in total. The lowest BCUT2D eigenvalue weighted by Crippen LogP contribution is -2.44. The van der Waals surface area contributed by atoms with Crippen LogP contribution in [-0.2, 0) is 0 Å². The molecule has 4 rings (SSSR count). The average Bonchev–Trinajstić information content (AvgIpc) is 3.33. The summed E-state index contributed by atoms with van der Waals surface area (Å²) in [6.07, 6.45) is 3.14. The minimum Gasteiger partial charge on any atom is -0.493 e. The molecular formula is C22H25N5O5. The first-order valence-electron chi connectivity index (χ1n) is 10.2. The van der Waals surface area contributed by atoms with Crippen LogP contribution >= 0.6 is 0 Å². The standard InChI is InChI=1S/C22H25N5O5/c1-29-18-10-14(11-19(30-2)21(18)31-3)16-12-17(25-24-16)22(28)27-9-5-6-15(13-27)32-20-7-4-8-23-26-20/h4,7-8,10-12,15H,5-6,9,13H2,1-3H3,(H,24,25). The van der Waals surface area contributed by atoms with Crippen molar-refractivity contribution in [3.05, 3.63) is 42.2 Å². The molecule has 1 amide bonds. The van der Waals surface area contributed by atoms with Gasteiger partial charge in [0, 0.05) is 24.4 Å². The Morgan fingerprint density at radius 2 is 1.91 bits per heavy atom. The molecule has 0 radical (unpaired) electrons. The maximum atomic E-state index is 13.1. The van der Waals surface area contributed by atoms with Crippen molar-refractivity contribution in [1.29, 1.82) is 0 Å². The molecule has 0 saturated carbocycles. The number of hydrogen-bond donors (Lipinski definition) is 1. The zero-order valence-corrected chi connectivity index (χ0v) is 18.2. The van der Waals surface area contributed by atoms with Crippen LogP contribution in [0.1, 0.15) is 23.3 Å². The highest BCUT2D eigenvalue weighted by Gasteiger charge is 2.27. The van der Waals surface area contributed by atoms with Crippen molar-refractivity contribution < 1.29 is 23.7 Å². The highest BCUT2D eigenvalue weighted by atomic mass is 16.5. The number of H-pyrrole nitrogens is 1. The summed E-state index contributed by atoms with van der Waals surface area (Å²) in [6, 6.07) is 8.82. The van der Waals surface area contributed by atoms with Gasteiger partial charge in [-0.05, 0) is 37.1 Å². The largest absolute Gasteiger partial charge is 0.493 e. The molecule has 0 spiro atoms. The predicted octanol–water partition coefficient (Wildman–Crippen LogP) is 2.58. The Balaban J connectivity index is 1.50. The molecule has 0 aliphatic carbocycles. The number of ether oxygens (including phenoxy) is 4. The fourth-order valence-electron chi connectivity index (χ4n) is 3.72. The van der Waals surface area contributed by atoms with Crippen molar-refractivity contribution in [3.8, 4) is 34.4 Å². The Morgan fingerprint density at radius 1 is 1.12 bits per heavy atom. The van der Waals surface area contributed by atoms with E-state index in [-0.39, 0.29) is 12.0 Å². The van der Waals surface area contributed by atoms with Crippen LogP contribution in [0, 0.1) is 0 Å². The van der Waals surface area contributed by atoms with E-state index in [1.807, 2.05) is 0 Å². The van der Waals surface area contributed by atoms with Crippen molar-refractivity contribution in [2.24, 2.45) is 0 Å². The average molecular weight is 439 g/mol. The summed E-state index contributed by atoms with van der Waals surface area (Å²) in [7, 11) is 4.65. The molecule has 32 heavy (non-hydrogen) atoms. The summed E-state index contributed by atoms with van der Waals surface area (Å²) < 4.78 is 22.1. The number of amides is 1. The van der Waals surface area contributed by atoms with Crippen LogP contribution in [0.25, 0.3) is 11.3 Å². The smallest absolute Gasteiger partial charge is 0.272 e. The number of benzene rings is 1. The quantitative estimate of drug-likeness (QED) is 0.598. The minimum atomic E-state index is -0.137. The molecule has 1 saturated heterocycles. The summed E-state index contributed by atoms with van der Waals surface area (Å²) in [5.74, 6) is 1.84. The second-order valence-electron chi connectivity index (χ2n) is 7.28. The lowest BCUT2D eigenvalue weighted by atomic mass is 10.1. The number of aromatic amines is 1.